The van der Waals surface area contributed by atoms with E-state index in [9.17, 15) is 4.79 Å². The van der Waals surface area contributed by atoms with Gasteiger partial charge >= 0.3 is 0 Å². The molecule has 2 rings (SSSR count). The minimum absolute atomic E-state index is 0.0639. The molecule has 24 heavy (non-hydrogen) atoms. The van der Waals surface area contributed by atoms with Crippen molar-refractivity contribution in [3.63, 3.8) is 0 Å². The first-order valence-corrected chi connectivity index (χ1v) is 8.37. The van der Waals surface area contributed by atoms with Crippen molar-refractivity contribution in [2.75, 3.05) is 20.2 Å². The summed E-state index contributed by atoms with van der Waals surface area (Å²) < 4.78 is 5.36. The maximum absolute atomic E-state index is 12.8. The summed E-state index contributed by atoms with van der Waals surface area (Å²) in [5.74, 6) is 0.583. The summed E-state index contributed by atoms with van der Waals surface area (Å²) in [6.07, 6.45) is 3.38. The lowest BCUT2D eigenvalue weighted by atomic mass is 10.0. The molecule has 1 aromatic carbocycles. The molecule has 0 saturated carbocycles. The van der Waals surface area contributed by atoms with Gasteiger partial charge in [0.25, 0.3) is 5.91 Å². The van der Waals surface area contributed by atoms with Gasteiger partial charge in [-0.25, -0.2) is 9.97 Å². The number of nitrogens with zero attached hydrogens (tertiary/aromatic N) is 3. The molecular weight excluding hydrogens is 302 g/mol. The van der Waals surface area contributed by atoms with Gasteiger partial charge in [-0.1, -0.05) is 26.0 Å². The second-order valence-corrected chi connectivity index (χ2v) is 5.72. The van der Waals surface area contributed by atoms with Crippen LogP contribution in [-0.2, 0) is 0 Å². The number of rotatable bonds is 7. The Morgan fingerprint density at radius 2 is 1.88 bits per heavy atom. The van der Waals surface area contributed by atoms with E-state index in [1.165, 1.54) is 6.33 Å². The number of carbonyl (C=O) groups excluding carboxylic acids is 1. The van der Waals surface area contributed by atoms with Crippen LogP contribution in [0.15, 0.2) is 30.6 Å². The number of hydrogen-bond donors (Lipinski definition) is 0. The third-order valence-corrected chi connectivity index (χ3v) is 3.87. The minimum Gasteiger partial charge on any atom is -0.480 e. The van der Waals surface area contributed by atoms with Gasteiger partial charge in [0.15, 0.2) is 0 Å². The van der Waals surface area contributed by atoms with Crippen molar-refractivity contribution in [2.24, 2.45) is 0 Å². The number of amides is 1. The molecule has 1 heterocycles. The van der Waals surface area contributed by atoms with E-state index in [4.69, 9.17) is 4.74 Å². The maximum atomic E-state index is 12.8. The third-order valence-electron chi connectivity index (χ3n) is 3.87. The van der Waals surface area contributed by atoms with Gasteiger partial charge in [0.2, 0.25) is 5.88 Å². The van der Waals surface area contributed by atoms with Gasteiger partial charge in [0, 0.05) is 18.7 Å². The summed E-state index contributed by atoms with van der Waals surface area (Å²) in [4.78, 5) is 23.1. The quantitative estimate of drug-likeness (QED) is 0.777. The minimum atomic E-state index is 0.0639. The Bertz CT molecular complexity index is 695. The highest BCUT2D eigenvalue weighted by molar-refractivity contribution is 5.95. The number of ether oxygens (including phenoxy) is 1. The highest BCUT2D eigenvalue weighted by Crippen LogP contribution is 2.30. The Kier molecular flexibility index (Phi) is 6.29. The molecule has 128 valence electrons. The first-order chi connectivity index (χ1) is 11.6. The molecule has 0 saturated heterocycles. The Balaban J connectivity index is 2.41. The maximum Gasteiger partial charge on any atom is 0.253 e. The van der Waals surface area contributed by atoms with Crippen molar-refractivity contribution in [1.82, 2.24) is 14.9 Å². The molecule has 0 aliphatic rings. The van der Waals surface area contributed by atoms with Gasteiger partial charge in [-0.05, 0) is 37.5 Å². The molecule has 1 amide bonds. The zero-order valence-corrected chi connectivity index (χ0v) is 14.9. The second kappa shape index (κ2) is 8.43. The van der Waals surface area contributed by atoms with Gasteiger partial charge in [0.1, 0.15) is 6.33 Å². The first-order valence-electron chi connectivity index (χ1n) is 8.37. The fourth-order valence-corrected chi connectivity index (χ4v) is 2.78. The number of methoxy groups -OCH3 is 1. The van der Waals surface area contributed by atoms with Crippen molar-refractivity contribution in [3.8, 4) is 17.0 Å². The van der Waals surface area contributed by atoms with Crippen LogP contribution in [0, 0.1) is 6.92 Å². The van der Waals surface area contributed by atoms with Crippen molar-refractivity contribution in [3.05, 3.63) is 41.9 Å². The Morgan fingerprint density at radius 3 is 2.50 bits per heavy atom. The van der Waals surface area contributed by atoms with Crippen LogP contribution < -0.4 is 4.74 Å². The zero-order valence-electron chi connectivity index (χ0n) is 14.9. The molecule has 0 aliphatic carbocycles. The molecule has 0 unspecified atom stereocenters. The molecule has 0 atom stereocenters. The molecule has 5 heteroatoms. The molecule has 5 nitrogen and oxygen atoms in total. The molecule has 0 spiro atoms. The van der Waals surface area contributed by atoms with Crippen LogP contribution in [0.1, 0.15) is 42.7 Å². The average Bonchev–Trinajstić information content (AvgIpc) is 2.60. The Hall–Kier alpha value is -2.43. The molecule has 0 fully saturated rings. The largest absolute Gasteiger partial charge is 0.480 e. The van der Waals surface area contributed by atoms with Gasteiger partial charge in [0.05, 0.1) is 18.4 Å². The predicted molar refractivity (Wildman–Crippen MR) is 95.2 cm³/mol. The lowest BCUT2D eigenvalue weighted by Gasteiger charge is -2.22. The highest BCUT2D eigenvalue weighted by Gasteiger charge is 2.17. The van der Waals surface area contributed by atoms with E-state index in [2.05, 4.69) is 23.8 Å². The second-order valence-electron chi connectivity index (χ2n) is 5.72. The predicted octanol–water partition coefficient (Wildman–Crippen LogP) is 3.72. The summed E-state index contributed by atoms with van der Waals surface area (Å²) in [5.41, 5.74) is 3.22. The van der Waals surface area contributed by atoms with E-state index in [0.717, 1.165) is 42.8 Å². The lowest BCUT2D eigenvalue weighted by Crippen LogP contribution is -2.32. The fraction of sp³-hybridized carbons (Fsp3) is 0.421. The highest BCUT2D eigenvalue weighted by atomic mass is 16.5. The average molecular weight is 327 g/mol. The standard InChI is InChI=1S/C19H25N3O2/c1-5-10-22(11-6-2)19(23)16-9-7-8-15(12-16)17-14(3)20-13-21-18(17)24-4/h7-9,12-13H,5-6,10-11H2,1-4H3. The summed E-state index contributed by atoms with van der Waals surface area (Å²) in [6, 6.07) is 7.60. The Labute approximate surface area is 143 Å². The molecule has 0 bridgehead atoms. The van der Waals surface area contributed by atoms with E-state index >= 15 is 0 Å². The molecular formula is C19H25N3O2. The van der Waals surface area contributed by atoms with Crippen molar-refractivity contribution in [2.45, 2.75) is 33.6 Å². The van der Waals surface area contributed by atoms with Crippen LogP contribution in [0.3, 0.4) is 0 Å². The zero-order chi connectivity index (χ0) is 17.5. The molecule has 0 N–H and O–H groups in total. The summed E-state index contributed by atoms with van der Waals surface area (Å²) in [6.45, 7) is 7.62. The van der Waals surface area contributed by atoms with Crippen LogP contribution in [0.5, 0.6) is 5.88 Å². The van der Waals surface area contributed by atoms with Crippen molar-refractivity contribution < 1.29 is 9.53 Å². The smallest absolute Gasteiger partial charge is 0.253 e. The topological polar surface area (TPSA) is 55.3 Å². The number of aryl methyl sites for hydroxylation is 1. The summed E-state index contributed by atoms with van der Waals surface area (Å²) in [7, 11) is 1.59. The van der Waals surface area contributed by atoms with Gasteiger partial charge in [-0.2, -0.15) is 0 Å². The van der Waals surface area contributed by atoms with Gasteiger partial charge in [-0.3, -0.25) is 4.79 Å². The van der Waals surface area contributed by atoms with E-state index in [1.807, 2.05) is 36.1 Å². The van der Waals surface area contributed by atoms with Crippen molar-refractivity contribution >= 4 is 5.91 Å². The van der Waals surface area contributed by atoms with E-state index in [0.29, 0.717) is 11.4 Å². The molecule has 0 aliphatic heterocycles. The van der Waals surface area contributed by atoms with E-state index in [1.54, 1.807) is 7.11 Å². The van der Waals surface area contributed by atoms with Gasteiger partial charge < -0.3 is 9.64 Å². The first kappa shape index (κ1) is 17.9. The summed E-state index contributed by atoms with van der Waals surface area (Å²) >= 11 is 0. The van der Waals surface area contributed by atoms with E-state index < -0.39 is 0 Å². The Morgan fingerprint density at radius 1 is 1.17 bits per heavy atom. The van der Waals surface area contributed by atoms with Crippen LogP contribution in [-0.4, -0.2) is 41.0 Å². The number of aromatic nitrogens is 2. The fourth-order valence-electron chi connectivity index (χ4n) is 2.78. The van der Waals surface area contributed by atoms with Crippen LogP contribution in [0.4, 0.5) is 0 Å². The molecule has 1 aromatic heterocycles. The van der Waals surface area contributed by atoms with E-state index in [-0.39, 0.29) is 5.91 Å². The molecule has 2 aromatic rings. The number of hydrogen-bond acceptors (Lipinski definition) is 4. The van der Waals surface area contributed by atoms with Crippen LogP contribution in [0.25, 0.3) is 11.1 Å². The van der Waals surface area contributed by atoms with Crippen molar-refractivity contribution in [1.29, 1.82) is 0 Å². The summed E-state index contributed by atoms with van der Waals surface area (Å²) in [5, 5.41) is 0. The van der Waals surface area contributed by atoms with Crippen LogP contribution >= 0.6 is 0 Å². The number of carbonyl (C=O) groups is 1. The SMILES string of the molecule is CCCN(CCC)C(=O)c1cccc(-c2c(C)ncnc2OC)c1. The normalized spacial score (nSPS) is 10.5. The van der Waals surface area contributed by atoms with Gasteiger partial charge in [-0.15, -0.1) is 0 Å². The van der Waals surface area contributed by atoms with Crippen LogP contribution in [0.2, 0.25) is 0 Å². The third kappa shape index (κ3) is 3.91. The monoisotopic (exact) mass is 327 g/mol. The number of benzene rings is 1. The lowest BCUT2D eigenvalue weighted by molar-refractivity contribution is 0.0755. The molecule has 0 radical (unpaired) electrons.